The lowest BCUT2D eigenvalue weighted by molar-refractivity contribution is -0.135. The van der Waals surface area contributed by atoms with Crippen LogP contribution >= 0.6 is 0 Å². The highest BCUT2D eigenvalue weighted by Crippen LogP contribution is 2.18. The second-order valence-corrected chi connectivity index (χ2v) is 5.67. The molecule has 0 bridgehead atoms. The van der Waals surface area contributed by atoms with Gasteiger partial charge >= 0.3 is 0 Å². The number of terminal acetylenes is 1. The van der Waals surface area contributed by atoms with Crippen molar-refractivity contribution in [2.75, 3.05) is 32.9 Å². The number of likely N-dealkylation sites (tertiary alicyclic amines) is 1. The first-order chi connectivity index (χ1) is 10.7. The zero-order valence-electron chi connectivity index (χ0n) is 13.1. The van der Waals surface area contributed by atoms with Crippen LogP contribution in [-0.2, 0) is 9.53 Å². The van der Waals surface area contributed by atoms with Gasteiger partial charge in [-0.05, 0) is 43.4 Å². The Balaban J connectivity index is 1.78. The zero-order chi connectivity index (χ0) is 15.8. The molecule has 0 saturated carbocycles. The van der Waals surface area contributed by atoms with Gasteiger partial charge in [0, 0.05) is 13.1 Å². The summed E-state index contributed by atoms with van der Waals surface area (Å²) in [6, 6.07) is 7.72. The predicted octanol–water partition coefficient (Wildman–Crippen LogP) is 2.26. The molecule has 22 heavy (non-hydrogen) atoms. The molecule has 1 aromatic rings. The molecule has 1 aliphatic heterocycles. The summed E-state index contributed by atoms with van der Waals surface area (Å²) in [5.41, 5.74) is 1.12. The molecule has 1 heterocycles. The van der Waals surface area contributed by atoms with Crippen LogP contribution < -0.4 is 4.74 Å². The maximum absolute atomic E-state index is 12.3. The predicted molar refractivity (Wildman–Crippen MR) is 85.6 cm³/mol. The quantitative estimate of drug-likeness (QED) is 0.597. The van der Waals surface area contributed by atoms with Crippen LogP contribution in [-0.4, -0.2) is 43.7 Å². The van der Waals surface area contributed by atoms with E-state index in [4.69, 9.17) is 15.9 Å². The average molecular weight is 301 g/mol. The third-order valence-electron chi connectivity index (χ3n) is 3.76. The van der Waals surface area contributed by atoms with Gasteiger partial charge in [-0.1, -0.05) is 18.1 Å². The molecular formula is C18H23NO3. The van der Waals surface area contributed by atoms with Crippen LogP contribution in [0.15, 0.2) is 24.3 Å². The second-order valence-electron chi connectivity index (χ2n) is 5.67. The van der Waals surface area contributed by atoms with Crippen molar-refractivity contribution in [1.82, 2.24) is 4.90 Å². The number of carbonyl (C=O) groups is 1. The van der Waals surface area contributed by atoms with Crippen LogP contribution in [0.1, 0.15) is 18.4 Å². The molecule has 0 spiro atoms. The first-order valence-corrected chi connectivity index (χ1v) is 7.67. The highest BCUT2D eigenvalue weighted by atomic mass is 16.5. The van der Waals surface area contributed by atoms with E-state index in [-0.39, 0.29) is 12.5 Å². The smallest absolute Gasteiger partial charge is 0.260 e. The van der Waals surface area contributed by atoms with Crippen LogP contribution in [0, 0.1) is 25.2 Å². The zero-order valence-corrected chi connectivity index (χ0v) is 13.1. The van der Waals surface area contributed by atoms with E-state index in [0.717, 1.165) is 37.2 Å². The van der Waals surface area contributed by atoms with Gasteiger partial charge in [0.2, 0.25) is 0 Å². The minimum atomic E-state index is 0.0307. The number of hydrogen-bond acceptors (Lipinski definition) is 3. The van der Waals surface area contributed by atoms with E-state index in [9.17, 15) is 4.79 Å². The summed E-state index contributed by atoms with van der Waals surface area (Å²) < 4.78 is 11.0. The maximum atomic E-state index is 12.3. The van der Waals surface area contributed by atoms with Crippen molar-refractivity contribution in [1.29, 1.82) is 0 Å². The molecule has 0 radical (unpaired) electrons. The highest BCUT2D eigenvalue weighted by Gasteiger charge is 2.23. The highest BCUT2D eigenvalue weighted by molar-refractivity contribution is 5.77. The molecule has 0 aliphatic carbocycles. The fourth-order valence-corrected chi connectivity index (χ4v) is 2.65. The summed E-state index contributed by atoms with van der Waals surface area (Å²) in [6.45, 7) is 4.55. The molecule has 1 saturated heterocycles. The lowest BCUT2D eigenvalue weighted by atomic mass is 9.99. The molecule has 0 aromatic heterocycles. The first-order valence-electron chi connectivity index (χ1n) is 7.67. The van der Waals surface area contributed by atoms with Gasteiger partial charge in [-0.25, -0.2) is 0 Å². The summed E-state index contributed by atoms with van der Waals surface area (Å²) in [4.78, 5) is 14.1. The topological polar surface area (TPSA) is 38.8 Å². The Bertz CT molecular complexity index is 535. The Morgan fingerprint density at radius 2 is 2.36 bits per heavy atom. The van der Waals surface area contributed by atoms with Gasteiger partial charge in [0.15, 0.2) is 6.61 Å². The molecule has 1 aromatic carbocycles. The van der Waals surface area contributed by atoms with Crippen molar-refractivity contribution < 1.29 is 14.3 Å². The number of amides is 1. The summed E-state index contributed by atoms with van der Waals surface area (Å²) >= 11 is 0. The van der Waals surface area contributed by atoms with E-state index >= 15 is 0 Å². The molecular weight excluding hydrogens is 278 g/mol. The standard InChI is InChI=1S/C18H23NO3/c1-3-10-21-13-16-7-5-9-19(12-16)18(20)14-22-17-8-4-6-15(2)11-17/h1,4,6,8,11,16H,5,7,9-10,12-14H2,2H3. The van der Waals surface area contributed by atoms with Gasteiger partial charge in [-0.3, -0.25) is 4.79 Å². The molecule has 1 fully saturated rings. The lowest BCUT2D eigenvalue weighted by Gasteiger charge is -2.32. The van der Waals surface area contributed by atoms with E-state index < -0.39 is 0 Å². The number of hydrogen-bond donors (Lipinski definition) is 0. The number of rotatable bonds is 6. The molecule has 4 nitrogen and oxygen atoms in total. The number of piperidine rings is 1. The molecule has 1 atom stereocenters. The van der Waals surface area contributed by atoms with Crippen molar-refractivity contribution in [2.45, 2.75) is 19.8 Å². The Labute approximate surface area is 132 Å². The third kappa shape index (κ3) is 5.09. The summed E-state index contributed by atoms with van der Waals surface area (Å²) in [6.07, 6.45) is 7.25. The van der Waals surface area contributed by atoms with Crippen molar-refractivity contribution in [3.63, 3.8) is 0 Å². The number of benzene rings is 1. The Hall–Kier alpha value is -1.99. The maximum Gasteiger partial charge on any atom is 0.260 e. The van der Waals surface area contributed by atoms with E-state index in [0.29, 0.717) is 19.1 Å². The molecule has 1 aliphatic rings. The van der Waals surface area contributed by atoms with Gasteiger partial charge in [0.25, 0.3) is 5.91 Å². The Morgan fingerprint density at radius 1 is 1.50 bits per heavy atom. The summed E-state index contributed by atoms with van der Waals surface area (Å²) in [5, 5.41) is 0. The van der Waals surface area contributed by atoms with Crippen LogP contribution in [0.5, 0.6) is 5.75 Å². The lowest BCUT2D eigenvalue weighted by Crippen LogP contribution is -2.43. The molecule has 0 N–H and O–H groups in total. The molecule has 1 unspecified atom stereocenters. The number of nitrogens with zero attached hydrogens (tertiary/aromatic N) is 1. The molecule has 4 heteroatoms. The minimum absolute atomic E-state index is 0.0307. The SMILES string of the molecule is C#CCOCC1CCCN(C(=O)COc2cccc(C)c2)C1. The van der Waals surface area contributed by atoms with Gasteiger partial charge < -0.3 is 14.4 Å². The molecule has 2 rings (SSSR count). The largest absolute Gasteiger partial charge is 0.484 e. The Kier molecular flexibility index (Phi) is 6.29. The van der Waals surface area contributed by atoms with Crippen molar-refractivity contribution >= 4 is 5.91 Å². The number of aryl methyl sites for hydroxylation is 1. The molecule has 118 valence electrons. The average Bonchev–Trinajstić information content (AvgIpc) is 2.53. The van der Waals surface area contributed by atoms with Crippen LogP contribution in [0.25, 0.3) is 0 Å². The number of carbonyl (C=O) groups excluding carboxylic acids is 1. The summed E-state index contributed by atoms with van der Waals surface area (Å²) in [7, 11) is 0. The van der Waals surface area contributed by atoms with Gasteiger partial charge in [-0.2, -0.15) is 0 Å². The van der Waals surface area contributed by atoms with Gasteiger partial charge in [0.05, 0.1) is 6.61 Å². The van der Waals surface area contributed by atoms with Crippen LogP contribution in [0.4, 0.5) is 0 Å². The van der Waals surface area contributed by atoms with Gasteiger partial charge in [-0.15, -0.1) is 6.42 Å². The van der Waals surface area contributed by atoms with E-state index in [1.165, 1.54) is 0 Å². The summed E-state index contributed by atoms with van der Waals surface area (Å²) in [5.74, 6) is 3.59. The van der Waals surface area contributed by atoms with Crippen LogP contribution in [0.2, 0.25) is 0 Å². The third-order valence-corrected chi connectivity index (χ3v) is 3.76. The Morgan fingerprint density at radius 3 is 3.14 bits per heavy atom. The minimum Gasteiger partial charge on any atom is -0.484 e. The van der Waals surface area contributed by atoms with E-state index in [1.54, 1.807) is 0 Å². The van der Waals surface area contributed by atoms with Crippen molar-refractivity contribution in [3.8, 4) is 18.1 Å². The number of ether oxygens (including phenoxy) is 2. The van der Waals surface area contributed by atoms with Gasteiger partial charge in [0.1, 0.15) is 12.4 Å². The van der Waals surface area contributed by atoms with E-state index in [2.05, 4.69) is 5.92 Å². The van der Waals surface area contributed by atoms with Crippen molar-refractivity contribution in [3.05, 3.63) is 29.8 Å². The fraction of sp³-hybridized carbons (Fsp3) is 0.500. The van der Waals surface area contributed by atoms with E-state index in [1.807, 2.05) is 36.1 Å². The molecule has 1 amide bonds. The van der Waals surface area contributed by atoms with Crippen molar-refractivity contribution in [2.24, 2.45) is 5.92 Å². The normalized spacial score (nSPS) is 17.8. The first kappa shape index (κ1) is 16.4. The monoisotopic (exact) mass is 301 g/mol. The second kappa shape index (κ2) is 8.45. The fourth-order valence-electron chi connectivity index (χ4n) is 2.65. The van der Waals surface area contributed by atoms with Crippen LogP contribution in [0.3, 0.4) is 0 Å².